The van der Waals surface area contributed by atoms with Gasteiger partial charge in [-0.25, -0.2) is 14.6 Å². The van der Waals surface area contributed by atoms with Crippen LogP contribution >= 0.6 is 11.8 Å². The molecule has 0 aliphatic heterocycles. The molecule has 2 rings (SSSR count). The van der Waals surface area contributed by atoms with Gasteiger partial charge >= 0.3 is 11.9 Å². The average Bonchev–Trinajstić information content (AvgIpc) is 2.71. The van der Waals surface area contributed by atoms with Crippen LogP contribution in [0.3, 0.4) is 0 Å². The van der Waals surface area contributed by atoms with Crippen LogP contribution in [0.1, 0.15) is 30.6 Å². The van der Waals surface area contributed by atoms with E-state index >= 15 is 0 Å². The highest BCUT2D eigenvalue weighted by Gasteiger charge is 2.23. The van der Waals surface area contributed by atoms with Gasteiger partial charge in [-0.15, -0.1) is 0 Å². The first-order chi connectivity index (χ1) is 13.9. The van der Waals surface area contributed by atoms with Gasteiger partial charge in [-0.1, -0.05) is 43.8 Å². The number of rotatable bonds is 9. The topological polar surface area (TPSA) is 94.6 Å². The van der Waals surface area contributed by atoms with Crippen LogP contribution in [-0.4, -0.2) is 42.6 Å². The number of esters is 2. The van der Waals surface area contributed by atoms with Crippen LogP contribution in [-0.2, 0) is 19.1 Å². The van der Waals surface area contributed by atoms with E-state index in [0.29, 0.717) is 11.4 Å². The Morgan fingerprint density at radius 1 is 1.10 bits per heavy atom. The normalized spacial score (nSPS) is 11.6. The molecule has 1 N–H and O–H groups in total. The Balaban J connectivity index is 1.98. The molecule has 1 heterocycles. The molecule has 29 heavy (non-hydrogen) atoms. The summed E-state index contributed by atoms with van der Waals surface area (Å²) in [6, 6.07) is 11.9. The number of amides is 1. The van der Waals surface area contributed by atoms with E-state index in [1.54, 1.807) is 18.3 Å². The molecule has 8 heteroatoms. The summed E-state index contributed by atoms with van der Waals surface area (Å²) in [5.74, 6) is -1.59. The second-order valence-corrected chi connectivity index (χ2v) is 7.68. The maximum absolute atomic E-state index is 12.5. The summed E-state index contributed by atoms with van der Waals surface area (Å²) >= 11 is 1.33. The Morgan fingerprint density at radius 2 is 1.83 bits per heavy atom. The van der Waals surface area contributed by atoms with Crippen molar-refractivity contribution in [3.63, 3.8) is 0 Å². The molecule has 7 nitrogen and oxygen atoms in total. The number of ether oxygens (including phenoxy) is 2. The van der Waals surface area contributed by atoms with E-state index < -0.39 is 30.5 Å². The molecule has 0 fully saturated rings. The first kappa shape index (κ1) is 22.4. The third-order valence-corrected chi connectivity index (χ3v) is 4.84. The van der Waals surface area contributed by atoms with Crippen molar-refractivity contribution >= 4 is 29.6 Å². The lowest BCUT2D eigenvalue weighted by atomic mass is 10.0. The van der Waals surface area contributed by atoms with Crippen molar-refractivity contribution in [2.45, 2.75) is 36.2 Å². The predicted molar refractivity (Wildman–Crippen MR) is 108 cm³/mol. The van der Waals surface area contributed by atoms with E-state index in [9.17, 15) is 14.4 Å². The lowest BCUT2D eigenvalue weighted by Gasteiger charge is -2.18. The monoisotopic (exact) mass is 416 g/mol. The number of hydrogen-bond acceptors (Lipinski definition) is 7. The zero-order chi connectivity index (χ0) is 21.2. The minimum Gasteiger partial charge on any atom is -0.467 e. The quantitative estimate of drug-likeness (QED) is 0.628. The smallest absolute Gasteiger partial charge is 0.341 e. The Morgan fingerprint density at radius 3 is 2.48 bits per heavy atom. The maximum Gasteiger partial charge on any atom is 0.341 e. The van der Waals surface area contributed by atoms with Gasteiger partial charge in [0.1, 0.15) is 11.1 Å². The van der Waals surface area contributed by atoms with E-state index in [1.807, 2.05) is 44.2 Å². The highest BCUT2D eigenvalue weighted by Crippen LogP contribution is 2.28. The van der Waals surface area contributed by atoms with Crippen molar-refractivity contribution in [1.29, 1.82) is 0 Å². The second kappa shape index (κ2) is 11.2. The van der Waals surface area contributed by atoms with Gasteiger partial charge in [-0.3, -0.25) is 4.79 Å². The molecule has 0 radical (unpaired) electrons. The van der Waals surface area contributed by atoms with Crippen LogP contribution in [0.5, 0.6) is 0 Å². The standard InChI is InChI=1S/C21H24N2O5S/c1-14(2)12-17(21(26)27-3)23-18(24)13-28-20(25)16-10-7-11-22-19(16)29-15-8-5-4-6-9-15/h4-11,14,17H,12-13H2,1-3H3,(H,23,24). The summed E-state index contributed by atoms with van der Waals surface area (Å²) in [6.45, 7) is 3.35. The summed E-state index contributed by atoms with van der Waals surface area (Å²) in [6.07, 6.45) is 2.01. The molecule has 0 saturated carbocycles. The predicted octanol–water partition coefficient (Wildman–Crippen LogP) is 3.09. The van der Waals surface area contributed by atoms with Crippen molar-refractivity contribution in [1.82, 2.24) is 10.3 Å². The number of pyridine rings is 1. The first-order valence-corrected chi connectivity index (χ1v) is 9.94. The first-order valence-electron chi connectivity index (χ1n) is 9.13. The van der Waals surface area contributed by atoms with Crippen LogP contribution in [0.15, 0.2) is 58.6 Å². The third kappa shape index (κ3) is 7.23. The van der Waals surface area contributed by atoms with Crippen molar-refractivity contribution in [2.75, 3.05) is 13.7 Å². The number of carbonyl (C=O) groups is 3. The fourth-order valence-corrected chi connectivity index (χ4v) is 3.39. The summed E-state index contributed by atoms with van der Waals surface area (Å²) in [5, 5.41) is 3.03. The molecule has 1 atom stereocenters. The zero-order valence-electron chi connectivity index (χ0n) is 16.6. The van der Waals surface area contributed by atoms with Crippen molar-refractivity contribution in [3.05, 3.63) is 54.2 Å². The number of methoxy groups -OCH3 is 1. The summed E-state index contributed by atoms with van der Waals surface area (Å²) < 4.78 is 9.84. The minimum absolute atomic E-state index is 0.176. The summed E-state index contributed by atoms with van der Waals surface area (Å²) in [4.78, 5) is 41.6. The molecule has 2 aromatic rings. The number of aromatic nitrogens is 1. The minimum atomic E-state index is -0.784. The van der Waals surface area contributed by atoms with Gasteiger partial charge in [0.25, 0.3) is 5.91 Å². The van der Waals surface area contributed by atoms with Gasteiger partial charge in [-0.05, 0) is 36.6 Å². The highest BCUT2D eigenvalue weighted by atomic mass is 32.2. The summed E-state index contributed by atoms with van der Waals surface area (Å²) in [5.41, 5.74) is 0.265. The van der Waals surface area contributed by atoms with Crippen molar-refractivity contribution in [3.8, 4) is 0 Å². The average molecular weight is 416 g/mol. The third-order valence-electron chi connectivity index (χ3n) is 3.81. The largest absolute Gasteiger partial charge is 0.467 e. The van der Waals surface area contributed by atoms with Gasteiger partial charge in [-0.2, -0.15) is 0 Å². The SMILES string of the molecule is COC(=O)C(CC(C)C)NC(=O)COC(=O)c1cccnc1Sc1ccccc1. The number of nitrogens with zero attached hydrogens (tertiary/aromatic N) is 1. The molecule has 0 aliphatic rings. The molecule has 0 aliphatic carbocycles. The maximum atomic E-state index is 12.5. The number of carbonyl (C=O) groups excluding carboxylic acids is 3. The molecular weight excluding hydrogens is 392 g/mol. The lowest BCUT2D eigenvalue weighted by Crippen LogP contribution is -2.44. The zero-order valence-corrected chi connectivity index (χ0v) is 17.4. The molecule has 0 spiro atoms. The number of nitrogens with one attached hydrogen (secondary N) is 1. The molecule has 1 aromatic carbocycles. The van der Waals surface area contributed by atoms with Crippen molar-refractivity contribution < 1.29 is 23.9 Å². The second-order valence-electron chi connectivity index (χ2n) is 6.62. The fourth-order valence-electron chi connectivity index (χ4n) is 2.50. The Labute approximate surface area is 174 Å². The molecule has 154 valence electrons. The molecule has 1 unspecified atom stereocenters. The number of benzene rings is 1. The summed E-state index contributed by atoms with van der Waals surface area (Å²) in [7, 11) is 1.26. The van der Waals surface area contributed by atoms with Crippen molar-refractivity contribution in [2.24, 2.45) is 5.92 Å². The Kier molecular flexibility index (Phi) is 8.67. The van der Waals surface area contributed by atoms with Gasteiger partial charge in [0.05, 0.1) is 12.7 Å². The molecular formula is C21H24N2O5S. The molecule has 1 amide bonds. The Hall–Kier alpha value is -2.87. The molecule has 1 aromatic heterocycles. The highest BCUT2D eigenvalue weighted by molar-refractivity contribution is 7.99. The number of hydrogen-bond donors (Lipinski definition) is 1. The van der Waals surface area contributed by atoms with E-state index in [4.69, 9.17) is 9.47 Å². The van der Waals surface area contributed by atoms with E-state index in [-0.39, 0.29) is 11.5 Å². The lowest BCUT2D eigenvalue weighted by molar-refractivity contribution is -0.145. The van der Waals surface area contributed by atoms with Crippen LogP contribution in [0.25, 0.3) is 0 Å². The van der Waals surface area contributed by atoms with Gasteiger partial charge in [0, 0.05) is 11.1 Å². The Bertz CT molecular complexity index is 842. The van der Waals surface area contributed by atoms with Crippen LogP contribution < -0.4 is 5.32 Å². The van der Waals surface area contributed by atoms with Crippen LogP contribution in [0, 0.1) is 5.92 Å². The van der Waals surface area contributed by atoms with Gasteiger partial charge < -0.3 is 14.8 Å². The van der Waals surface area contributed by atoms with Gasteiger partial charge in [0.15, 0.2) is 6.61 Å². The molecule has 0 bridgehead atoms. The van der Waals surface area contributed by atoms with Crippen LogP contribution in [0.2, 0.25) is 0 Å². The van der Waals surface area contributed by atoms with E-state index in [1.165, 1.54) is 18.9 Å². The molecule has 0 saturated heterocycles. The van der Waals surface area contributed by atoms with Gasteiger partial charge in [0.2, 0.25) is 0 Å². The van der Waals surface area contributed by atoms with E-state index in [0.717, 1.165) is 4.90 Å². The van der Waals surface area contributed by atoms with E-state index in [2.05, 4.69) is 10.3 Å². The fraction of sp³-hybridized carbons (Fsp3) is 0.333. The van der Waals surface area contributed by atoms with Crippen LogP contribution in [0.4, 0.5) is 0 Å².